The lowest BCUT2D eigenvalue weighted by molar-refractivity contribution is -0.118. The predicted octanol–water partition coefficient (Wildman–Crippen LogP) is 3.43. The Hall–Kier alpha value is -1.66. The molecule has 0 bridgehead atoms. The van der Waals surface area contributed by atoms with Crippen molar-refractivity contribution in [3.8, 4) is 0 Å². The average molecular weight is 360 g/mol. The Morgan fingerprint density at radius 1 is 1.32 bits per heavy atom. The minimum Gasteiger partial charge on any atom is -0.373 e. The number of carbonyl (C=O) groups is 2. The summed E-state index contributed by atoms with van der Waals surface area (Å²) in [7, 11) is 0. The van der Waals surface area contributed by atoms with E-state index < -0.39 is 0 Å². The highest BCUT2D eigenvalue weighted by atomic mass is 32.2. The first kappa shape index (κ1) is 18.1. The summed E-state index contributed by atoms with van der Waals surface area (Å²) < 4.78 is 5.91. The number of carbonyl (C=O) groups excluding carboxylic acids is 2. The molecule has 3 unspecified atom stereocenters. The first-order valence-corrected chi connectivity index (χ1v) is 9.74. The quantitative estimate of drug-likeness (QED) is 0.755. The molecular weight excluding hydrogens is 336 g/mol. The van der Waals surface area contributed by atoms with Crippen LogP contribution in [0.2, 0.25) is 0 Å². The van der Waals surface area contributed by atoms with E-state index in [4.69, 9.17) is 4.74 Å². The maximum Gasteiger partial charge on any atom is 0.286 e. The van der Waals surface area contributed by atoms with Crippen LogP contribution in [-0.4, -0.2) is 41.4 Å². The number of hydrogen-bond donors (Lipinski definition) is 1. The molecule has 0 radical (unpaired) electrons. The number of nitrogens with zero attached hydrogens (tertiary/aromatic N) is 1. The largest absolute Gasteiger partial charge is 0.373 e. The Morgan fingerprint density at radius 3 is 2.80 bits per heavy atom. The molecule has 2 heterocycles. The third-order valence-corrected chi connectivity index (χ3v) is 5.61. The zero-order valence-electron chi connectivity index (χ0n) is 14.4. The van der Waals surface area contributed by atoms with Gasteiger partial charge in [0.25, 0.3) is 5.24 Å². The number of rotatable bonds is 7. The van der Waals surface area contributed by atoms with E-state index in [9.17, 15) is 9.59 Å². The van der Waals surface area contributed by atoms with Crippen molar-refractivity contribution in [1.82, 2.24) is 5.32 Å². The summed E-state index contributed by atoms with van der Waals surface area (Å²) in [5.74, 6) is 0.402. The van der Waals surface area contributed by atoms with E-state index in [0.717, 1.165) is 48.9 Å². The van der Waals surface area contributed by atoms with Gasteiger partial charge in [0.2, 0.25) is 5.91 Å². The smallest absolute Gasteiger partial charge is 0.286 e. The molecule has 0 aromatic carbocycles. The van der Waals surface area contributed by atoms with Crippen LogP contribution in [0.4, 0.5) is 4.79 Å². The number of aliphatic imine (C=N–C) groups is 1. The van der Waals surface area contributed by atoms with E-state index >= 15 is 0 Å². The van der Waals surface area contributed by atoms with Crippen LogP contribution < -0.4 is 5.32 Å². The van der Waals surface area contributed by atoms with Crippen LogP contribution >= 0.6 is 11.8 Å². The molecule has 5 nitrogen and oxygen atoms in total. The molecule has 0 saturated carbocycles. The predicted molar refractivity (Wildman–Crippen MR) is 101 cm³/mol. The Balaban J connectivity index is 1.37. The van der Waals surface area contributed by atoms with Crippen molar-refractivity contribution in [2.24, 2.45) is 10.9 Å². The number of hydrogen-bond acceptors (Lipinski definition) is 5. The lowest BCUT2D eigenvalue weighted by Crippen LogP contribution is -2.24. The third kappa shape index (κ3) is 5.16. The number of amides is 2. The number of thioether (sulfide) groups is 1. The highest BCUT2D eigenvalue weighted by molar-refractivity contribution is 8.15. The second-order valence-electron chi connectivity index (χ2n) is 6.48. The molecule has 6 heteroatoms. The molecule has 1 saturated heterocycles. The molecule has 3 rings (SSSR count). The molecule has 0 spiro atoms. The van der Waals surface area contributed by atoms with Crippen LogP contribution in [0.5, 0.6) is 0 Å². The summed E-state index contributed by atoms with van der Waals surface area (Å²) in [5, 5.41) is 1.77. The van der Waals surface area contributed by atoms with Gasteiger partial charge in [0, 0.05) is 18.7 Å². The van der Waals surface area contributed by atoms with Gasteiger partial charge in [-0.25, -0.2) is 0 Å². The van der Waals surface area contributed by atoms with E-state index in [1.54, 1.807) is 0 Å². The number of ether oxygens (including phenoxy) is 1. The Morgan fingerprint density at radius 2 is 2.20 bits per heavy atom. The van der Waals surface area contributed by atoms with Gasteiger partial charge in [-0.15, -0.1) is 0 Å². The van der Waals surface area contributed by atoms with Crippen LogP contribution in [0.25, 0.3) is 0 Å². The van der Waals surface area contributed by atoms with Crippen LogP contribution in [0.1, 0.15) is 32.6 Å². The molecule has 3 atom stereocenters. The summed E-state index contributed by atoms with van der Waals surface area (Å²) in [4.78, 5) is 27.4. The molecule has 134 valence electrons. The topological polar surface area (TPSA) is 67.8 Å². The monoisotopic (exact) mass is 360 g/mol. The highest BCUT2D eigenvalue weighted by Crippen LogP contribution is 2.27. The van der Waals surface area contributed by atoms with Crippen molar-refractivity contribution in [2.45, 2.75) is 44.0 Å². The van der Waals surface area contributed by atoms with E-state index in [1.165, 1.54) is 0 Å². The number of allylic oxidation sites excluding steroid dienone is 3. The molecule has 1 N–H and O–H groups in total. The molecule has 0 aromatic rings. The van der Waals surface area contributed by atoms with Crippen molar-refractivity contribution in [3.63, 3.8) is 0 Å². The zero-order chi connectivity index (χ0) is 17.6. The Bertz CT molecular complexity index is 651. The molecule has 1 fully saturated rings. The molecule has 3 aliphatic rings. The average Bonchev–Trinajstić information content (AvgIpc) is 2.94. The molecule has 25 heavy (non-hydrogen) atoms. The second-order valence-corrected chi connectivity index (χ2v) is 7.66. The summed E-state index contributed by atoms with van der Waals surface area (Å²) in [6.07, 6.45) is 14.0. The molecule has 2 amide bonds. The Kier molecular flexibility index (Phi) is 6.26. The molecule has 0 aromatic heterocycles. The maximum absolute atomic E-state index is 11.6. The van der Waals surface area contributed by atoms with Crippen molar-refractivity contribution >= 4 is 28.6 Å². The van der Waals surface area contributed by atoms with Gasteiger partial charge >= 0.3 is 0 Å². The number of nitrogens with one attached hydrogen (secondary N) is 1. The normalized spacial score (nSPS) is 28.8. The van der Waals surface area contributed by atoms with E-state index in [-0.39, 0.29) is 22.5 Å². The Labute approximate surface area is 152 Å². The maximum atomic E-state index is 11.6. The first-order chi connectivity index (χ1) is 12.1. The van der Waals surface area contributed by atoms with Gasteiger partial charge in [0.05, 0.1) is 18.0 Å². The summed E-state index contributed by atoms with van der Waals surface area (Å²) in [6, 6.07) is 0. The van der Waals surface area contributed by atoms with Crippen LogP contribution in [0.15, 0.2) is 40.9 Å². The van der Waals surface area contributed by atoms with Crippen molar-refractivity contribution < 1.29 is 14.3 Å². The van der Waals surface area contributed by atoms with Gasteiger partial charge < -0.3 is 4.74 Å². The second kappa shape index (κ2) is 8.63. The molecule has 1 aliphatic carbocycles. The van der Waals surface area contributed by atoms with Crippen LogP contribution in [0, 0.1) is 5.92 Å². The van der Waals surface area contributed by atoms with Gasteiger partial charge in [-0.3, -0.25) is 19.9 Å². The fraction of sp³-hybridized carbons (Fsp3) is 0.526. The molecular formula is C19H24N2O3S. The standard InChI is InChI=1S/C19H24N2O3S/c1-2-13-3-6-15(20-12-13)9-10-24-16-7-4-14(5-8-16)11-17-18(22)21-19(23)25-17/h3-7,13,16-17H,2,8-12H2,1H3,(H,21,22,23). The van der Waals surface area contributed by atoms with Gasteiger partial charge in [-0.2, -0.15) is 0 Å². The zero-order valence-corrected chi connectivity index (χ0v) is 15.3. The van der Waals surface area contributed by atoms with E-state index in [1.807, 2.05) is 12.2 Å². The number of dihydropyridines is 1. The third-order valence-electron chi connectivity index (χ3n) is 4.63. The minimum absolute atomic E-state index is 0.0759. The summed E-state index contributed by atoms with van der Waals surface area (Å²) >= 11 is 1.07. The highest BCUT2D eigenvalue weighted by Gasteiger charge is 2.31. The van der Waals surface area contributed by atoms with Crippen molar-refractivity contribution in [2.75, 3.05) is 13.2 Å². The lowest BCUT2D eigenvalue weighted by Gasteiger charge is -2.19. The van der Waals surface area contributed by atoms with Gasteiger partial charge in [-0.1, -0.05) is 48.6 Å². The minimum atomic E-state index is -0.302. The SMILES string of the molecule is CCC1C=CC(CCOC2C=CC(CC3SC(=O)NC3=O)=CC2)=NC1. The van der Waals surface area contributed by atoms with Gasteiger partial charge in [0.1, 0.15) is 0 Å². The van der Waals surface area contributed by atoms with Crippen molar-refractivity contribution in [1.29, 1.82) is 0 Å². The van der Waals surface area contributed by atoms with Crippen molar-refractivity contribution in [3.05, 3.63) is 36.0 Å². The fourth-order valence-electron chi connectivity index (χ4n) is 3.00. The first-order valence-electron chi connectivity index (χ1n) is 8.86. The lowest BCUT2D eigenvalue weighted by atomic mass is 10.0. The fourth-order valence-corrected chi connectivity index (χ4v) is 3.86. The summed E-state index contributed by atoms with van der Waals surface area (Å²) in [5.41, 5.74) is 2.21. The number of imide groups is 1. The molecule has 2 aliphatic heterocycles. The van der Waals surface area contributed by atoms with E-state index in [2.05, 4.69) is 35.5 Å². The van der Waals surface area contributed by atoms with Crippen LogP contribution in [0.3, 0.4) is 0 Å². The van der Waals surface area contributed by atoms with Crippen LogP contribution in [-0.2, 0) is 9.53 Å². The van der Waals surface area contributed by atoms with Gasteiger partial charge in [-0.05, 0) is 31.3 Å². The van der Waals surface area contributed by atoms with E-state index in [0.29, 0.717) is 18.9 Å². The van der Waals surface area contributed by atoms with Gasteiger partial charge in [0.15, 0.2) is 0 Å². The summed E-state index contributed by atoms with van der Waals surface area (Å²) in [6.45, 7) is 3.74.